The van der Waals surface area contributed by atoms with E-state index < -0.39 is 0 Å². The number of benzene rings is 2. The predicted molar refractivity (Wildman–Crippen MR) is 186 cm³/mol. The molecule has 2 aliphatic heterocycles. The van der Waals surface area contributed by atoms with Crippen LogP contribution in [0.2, 0.25) is 0 Å². The topological polar surface area (TPSA) is 112 Å². The Hall–Kier alpha value is -4.96. The van der Waals surface area contributed by atoms with Crippen molar-refractivity contribution < 1.29 is 14.3 Å². The van der Waals surface area contributed by atoms with Crippen molar-refractivity contribution in [1.29, 1.82) is 0 Å². The van der Waals surface area contributed by atoms with E-state index in [1.54, 1.807) is 12.0 Å². The van der Waals surface area contributed by atoms with E-state index in [4.69, 9.17) is 20.4 Å². The number of carbonyl (C=O) groups is 2. The zero-order valence-corrected chi connectivity index (χ0v) is 27.4. The van der Waals surface area contributed by atoms with Crippen molar-refractivity contribution in [3.05, 3.63) is 72.3 Å². The molecule has 9 rings (SSSR count). The van der Waals surface area contributed by atoms with Gasteiger partial charge in [0.25, 0.3) is 11.8 Å². The number of likely N-dealkylation sites (tertiary alicyclic amines) is 1. The Morgan fingerprint density at radius 1 is 1.06 bits per heavy atom. The normalized spacial score (nSPS) is 22.2. The number of rotatable bonds is 7. The Morgan fingerprint density at radius 2 is 1.92 bits per heavy atom. The number of nitrogens with two attached hydrogens (primary N) is 1. The number of methoxy groups -OCH3 is 1. The molecule has 2 saturated heterocycles. The summed E-state index contributed by atoms with van der Waals surface area (Å²) in [7, 11) is 3.65. The molecule has 0 spiro atoms. The molecule has 0 radical (unpaired) electrons. The van der Waals surface area contributed by atoms with Gasteiger partial charge in [0.15, 0.2) is 5.82 Å². The fourth-order valence-corrected chi connectivity index (χ4v) is 8.21. The van der Waals surface area contributed by atoms with Crippen molar-refractivity contribution in [2.45, 2.75) is 50.7 Å². The van der Waals surface area contributed by atoms with E-state index in [1.807, 2.05) is 54.4 Å². The Balaban J connectivity index is 1.12. The number of aromatic nitrogens is 4. The van der Waals surface area contributed by atoms with Gasteiger partial charge in [0.2, 0.25) is 0 Å². The van der Waals surface area contributed by atoms with Crippen LogP contribution in [0.1, 0.15) is 42.5 Å². The van der Waals surface area contributed by atoms with Gasteiger partial charge in [0, 0.05) is 66.5 Å². The fraction of sp³-hybridized carbons (Fsp3) is 0.368. The number of hydrogen-bond donors (Lipinski definition) is 1. The summed E-state index contributed by atoms with van der Waals surface area (Å²) in [5, 5.41) is 1.03. The molecule has 4 fully saturated rings. The van der Waals surface area contributed by atoms with Gasteiger partial charge in [-0.25, -0.2) is 9.97 Å². The highest BCUT2D eigenvalue weighted by atomic mass is 16.5. The molecule has 2 aromatic carbocycles. The number of piperidine rings is 1. The first-order valence-electron chi connectivity index (χ1n) is 17.0. The van der Waals surface area contributed by atoms with Crippen LogP contribution in [-0.4, -0.2) is 68.1 Å². The maximum atomic E-state index is 13.8. The smallest absolute Gasteiger partial charge is 0.254 e. The van der Waals surface area contributed by atoms with Crippen LogP contribution in [0.4, 0.5) is 5.69 Å². The van der Waals surface area contributed by atoms with Crippen molar-refractivity contribution in [3.8, 4) is 28.5 Å². The fourth-order valence-electron chi connectivity index (χ4n) is 8.21. The first kappa shape index (κ1) is 29.2. The van der Waals surface area contributed by atoms with Gasteiger partial charge in [0.1, 0.15) is 16.9 Å². The van der Waals surface area contributed by atoms with E-state index in [-0.39, 0.29) is 23.9 Å². The van der Waals surface area contributed by atoms with E-state index in [9.17, 15) is 9.59 Å². The van der Waals surface area contributed by atoms with Crippen molar-refractivity contribution >= 4 is 39.6 Å². The van der Waals surface area contributed by atoms with Crippen molar-refractivity contribution in [1.82, 2.24) is 24.0 Å². The average Bonchev–Trinajstić information content (AvgIpc) is 3.28. The molecule has 5 heterocycles. The van der Waals surface area contributed by atoms with Crippen molar-refractivity contribution in [2.75, 3.05) is 25.1 Å². The summed E-state index contributed by atoms with van der Waals surface area (Å²) in [6.07, 6.45) is 5.13. The molecule has 48 heavy (non-hydrogen) atoms. The predicted octanol–water partition coefficient (Wildman–Crippen LogP) is 5.53. The van der Waals surface area contributed by atoms with Gasteiger partial charge in [0.05, 0.1) is 24.0 Å². The number of hydrogen-bond acceptors (Lipinski definition) is 6. The molecule has 10 nitrogen and oxygen atoms in total. The zero-order valence-electron chi connectivity index (χ0n) is 27.4. The quantitative estimate of drug-likeness (QED) is 0.234. The zero-order chi connectivity index (χ0) is 32.8. The summed E-state index contributed by atoms with van der Waals surface area (Å²) in [5.41, 5.74) is 13.8. The number of anilines is 1. The number of carbonyl (C=O) groups excluding carboxylic acids is 2. The average molecular weight is 642 g/mol. The molecule has 2 bridgehead atoms. The van der Waals surface area contributed by atoms with Crippen LogP contribution in [-0.2, 0) is 18.4 Å². The number of ether oxygens (including phenoxy) is 1. The third-order valence-corrected chi connectivity index (χ3v) is 11.1. The van der Waals surface area contributed by atoms with Gasteiger partial charge >= 0.3 is 0 Å². The third kappa shape index (κ3) is 4.49. The Morgan fingerprint density at radius 3 is 2.62 bits per heavy atom. The highest BCUT2D eigenvalue weighted by Crippen LogP contribution is 2.40. The summed E-state index contributed by atoms with van der Waals surface area (Å²) in [6, 6.07) is 18.3. The molecule has 2 saturated carbocycles. The first-order chi connectivity index (χ1) is 23.3. The second-order valence-corrected chi connectivity index (χ2v) is 14.0. The second kappa shape index (κ2) is 10.8. The van der Waals surface area contributed by atoms with Crippen LogP contribution in [0.15, 0.2) is 66.7 Å². The standard InChI is InChI=1S/C38H39N7O3/c1-21-13-14-43(37(21)46)27-6-4-5-23(15-27)28-11-9-24-17-31(44(35(24)40-28)19-22-7-8-22)36-41-29-16-26(18-32(48-3)34(29)42(36)2)38(47)45-20-25-10-12-30(45)33(25)39/h4-6,9,11,15-18,22,25,30,33H,1,7-8,10,12-14,19-20,39H2,2-3H3/t25?,30?,33-/m1/s1. The summed E-state index contributed by atoms with van der Waals surface area (Å²) in [6.45, 7) is 6.13. The van der Waals surface area contributed by atoms with Gasteiger partial charge in [-0.05, 0) is 86.4 Å². The molecule has 5 aromatic rings. The summed E-state index contributed by atoms with van der Waals surface area (Å²) in [4.78, 5) is 40.6. The molecule has 2 amide bonds. The van der Waals surface area contributed by atoms with Gasteiger partial charge in [-0.2, -0.15) is 0 Å². The van der Waals surface area contributed by atoms with Gasteiger partial charge in [-0.15, -0.1) is 0 Å². The number of pyridine rings is 1. The van der Waals surface area contributed by atoms with E-state index in [0.29, 0.717) is 48.2 Å². The highest BCUT2D eigenvalue weighted by Gasteiger charge is 2.47. The van der Waals surface area contributed by atoms with E-state index in [2.05, 4.69) is 27.8 Å². The van der Waals surface area contributed by atoms with Gasteiger partial charge in [-0.1, -0.05) is 18.7 Å². The summed E-state index contributed by atoms with van der Waals surface area (Å²) in [5.74, 6) is 2.38. The third-order valence-electron chi connectivity index (χ3n) is 11.1. The maximum absolute atomic E-state index is 13.8. The molecule has 3 atom stereocenters. The molecule has 4 aliphatic rings. The Bertz CT molecular complexity index is 2180. The lowest BCUT2D eigenvalue weighted by Gasteiger charge is -2.27. The van der Waals surface area contributed by atoms with Crippen LogP contribution in [0.3, 0.4) is 0 Å². The number of nitrogens with zero attached hydrogens (tertiary/aromatic N) is 6. The van der Waals surface area contributed by atoms with E-state index >= 15 is 0 Å². The van der Waals surface area contributed by atoms with Crippen molar-refractivity contribution in [3.63, 3.8) is 0 Å². The van der Waals surface area contributed by atoms with Crippen LogP contribution >= 0.6 is 0 Å². The number of imidazole rings is 1. The lowest BCUT2D eigenvalue weighted by Crippen LogP contribution is -2.41. The summed E-state index contributed by atoms with van der Waals surface area (Å²) < 4.78 is 10.2. The Labute approximate surface area is 278 Å². The van der Waals surface area contributed by atoms with Gasteiger partial charge < -0.3 is 29.4 Å². The summed E-state index contributed by atoms with van der Waals surface area (Å²) >= 11 is 0. The Kier molecular flexibility index (Phi) is 6.56. The lowest BCUT2D eigenvalue weighted by molar-refractivity contribution is -0.114. The molecule has 10 heteroatoms. The van der Waals surface area contributed by atoms with Crippen LogP contribution in [0, 0.1) is 11.8 Å². The van der Waals surface area contributed by atoms with Crippen LogP contribution < -0.4 is 15.4 Å². The van der Waals surface area contributed by atoms with E-state index in [1.165, 1.54) is 12.8 Å². The minimum Gasteiger partial charge on any atom is -0.494 e. The highest BCUT2D eigenvalue weighted by molar-refractivity contribution is 6.08. The molecular formula is C38H39N7O3. The van der Waals surface area contributed by atoms with Gasteiger partial charge in [-0.3, -0.25) is 9.59 Å². The number of aryl methyl sites for hydroxylation is 1. The molecule has 244 valence electrons. The van der Waals surface area contributed by atoms with E-state index in [0.717, 1.165) is 69.9 Å². The molecule has 2 N–H and O–H groups in total. The molecule has 2 aliphatic carbocycles. The van der Waals surface area contributed by atoms with Crippen LogP contribution in [0.25, 0.3) is 44.8 Å². The largest absolute Gasteiger partial charge is 0.494 e. The maximum Gasteiger partial charge on any atom is 0.254 e. The SMILES string of the molecule is C=C1CCN(c2cccc(-c3ccc4cc(-c5nc6cc(C(=O)N7CC8CCC7[C@@H]8N)cc(OC)c6n5C)n(CC5CC5)c4n3)c2)C1=O. The molecule has 3 aromatic heterocycles. The first-order valence-corrected chi connectivity index (χ1v) is 17.0. The molecular weight excluding hydrogens is 602 g/mol. The van der Waals surface area contributed by atoms with Crippen molar-refractivity contribution in [2.24, 2.45) is 24.6 Å². The van der Waals surface area contributed by atoms with Crippen LogP contribution in [0.5, 0.6) is 5.75 Å². The monoisotopic (exact) mass is 641 g/mol. The number of fused-ring (bicyclic) bond motifs is 4. The minimum absolute atomic E-state index is 0.00673. The lowest BCUT2D eigenvalue weighted by atomic mass is 10.1. The molecule has 2 unspecified atom stereocenters. The second-order valence-electron chi connectivity index (χ2n) is 14.0. The number of amides is 2. The minimum atomic E-state index is -0.0127.